The van der Waals surface area contributed by atoms with E-state index in [0.29, 0.717) is 16.9 Å². The molecule has 0 spiro atoms. The normalized spacial score (nSPS) is 10.8. The monoisotopic (exact) mass is 424 g/mol. The van der Waals surface area contributed by atoms with Gasteiger partial charge in [0.1, 0.15) is 5.75 Å². The molecule has 0 aliphatic carbocycles. The molecule has 0 heterocycles. The fraction of sp³-hybridized carbons (Fsp3) is 0.0909. The predicted molar refractivity (Wildman–Crippen MR) is 115 cm³/mol. The molecule has 0 atom stereocenters. The standard InChI is InChI=1S/C22H20N2O5S/c1-30(27,28)18-13-11-17(12-14-18)23-21(25)15-29-20-10-6-5-9-19(20)22(26)24-16-7-3-2-4-8-16/h2-14H,15H2,1H3,(H,23,25)(H,24,26). The van der Waals surface area contributed by atoms with E-state index in [4.69, 9.17) is 4.74 Å². The molecule has 2 amide bonds. The number of rotatable bonds is 7. The van der Waals surface area contributed by atoms with Crippen molar-refractivity contribution in [2.75, 3.05) is 23.5 Å². The SMILES string of the molecule is CS(=O)(=O)c1ccc(NC(=O)COc2ccccc2C(=O)Nc2ccccc2)cc1. The summed E-state index contributed by atoms with van der Waals surface area (Å²) in [6, 6.07) is 21.4. The molecule has 7 nitrogen and oxygen atoms in total. The molecule has 3 aromatic carbocycles. The summed E-state index contributed by atoms with van der Waals surface area (Å²) in [7, 11) is -3.31. The number of nitrogens with one attached hydrogen (secondary N) is 2. The number of carbonyl (C=O) groups excluding carboxylic acids is 2. The van der Waals surface area contributed by atoms with Gasteiger partial charge in [-0.3, -0.25) is 9.59 Å². The Morgan fingerprint density at radius 3 is 2.07 bits per heavy atom. The van der Waals surface area contributed by atoms with E-state index in [1.54, 1.807) is 36.4 Å². The van der Waals surface area contributed by atoms with Crippen molar-refractivity contribution in [2.24, 2.45) is 0 Å². The summed E-state index contributed by atoms with van der Waals surface area (Å²) < 4.78 is 28.5. The van der Waals surface area contributed by atoms with Gasteiger partial charge in [-0.05, 0) is 48.5 Å². The lowest BCUT2D eigenvalue weighted by atomic mass is 10.2. The summed E-state index contributed by atoms with van der Waals surface area (Å²) in [6.45, 7) is -0.316. The quantitative estimate of drug-likeness (QED) is 0.606. The lowest BCUT2D eigenvalue weighted by Crippen LogP contribution is -2.21. The molecule has 2 N–H and O–H groups in total. The molecule has 3 aromatic rings. The Labute approximate surface area is 174 Å². The van der Waals surface area contributed by atoms with Gasteiger partial charge in [-0.25, -0.2) is 8.42 Å². The van der Waals surface area contributed by atoms with Gasteiger partial charge in [0.25, 0.3) is 11.8 Å². The van der Waals surface area contributed by atoms with Gasteiger partial charge in [0.2, 0.25) is 0 Å². The van der Waals surface area contributed by atoms with Crippen LogP contribution in [0.3, 0.4) is 0 Å². The Bertz CT molecular complexity index is 1140. The number of sulfone groups is 1. The third-order valence-electron chi connectivity index (χ3n) is 4.09. The van der Waals surface area contributed by atoms with Crippen LogP contribution >= 0.6 is 0 Å². The topological polar surface area (TPSA) is 102 Å². The van der Waals surface area contributed by atoms with E-state index in [-0.39, 0.29) is 23.2 Å². The summed E-state index contributed by atoms with van der Waals surface area (Å²) in [5.74, 6) is -0.526. The molecule has 0 aromatic heterocycles. The van der Waals surface area contributed by atoms with E-state index >= 15 is 0 Å². The van der Waals surface area contributed by atoms with E-state index in [0.717, 1.165) is 6.26 Å². The average molecular weight is 424 g/mol. The summed E-state index contributed by atoms with van der Waals surface area (Å²) in [4.78, 5) is 24.9. The van der Waals surface area contributed by atoms with Gasteiger partial charge in [-0.2, -0.15) is 0 Å². The number of amides is 2. The van der Waals surface area contributed by atoms with Crippen LogP contribution in [0, 0.1) is 0 Å². The van der Waals surface area contributed by atoms with Crippen LogP contribution in [0.15, 0.2) is 83.8 Å². The summed E-state index contributed by atoms with van der Waals surface area (Å²) >= 11 is 0. The van der Waals surface area contributed by atoms with Gasteiger partial charge in [-0.15, -0.1) is 0 Å². The van der Waals surface area contributed by atoms with Gasteiger partial charge in [-0.1, -0.05) is 30.3 Å². The van der Waals surface area contributed by atoms with Gasteiger partial charge in [0.15, 0.2) is 16.4 Å². The fourth-order valence-corrected chi connectivity index (χ4v) is 3.26. The van der Waals surface area contributed by atoms with Crippen LogP contribution in [0.25, 0.3) is 0 Å². The van der Waals surface area contributed by atoms with Crippen molar-refractivity contribution in [3.63, 3.8) is 0 Å². The lowest BCUT2D eigenvalue weighted by molar-refractivity contribution is -0.118. The van der Waals surface area contributed by atoms with Crippen molar-refractivity contribution in [3.05, 3.63) is 84.4 Å². The van der Waals surface area contributed by atoms with Gasteiger partial charge in [0.05, 0.1) is 10.5 Å². The lowest BCUT2D eigenvalue weighted by Gasteiger charge is -2.12. The van der Waals surface area contributed by atoms with Crippen molar-refractivity contribution in [1.29, 1.82) is 0 Å². The van der Waals surface area contributed by atoms with E-state index < -0.39 is 15.7 Å². The molecule has 0 aliphatic heterocycles. The van der Waals surface area contributed by atoms with Crippen LogP contribution in [-0.4, -0.2) is 33.1 Å². The largest absolute Gasteiger partial charge is 0.483 e. The number of para-hydroxylation sites is 2. The van der Waals surface area contributed by atoms with Crippen molar-refractivity contribution in [2.45, 2.75) is 4.90 Å². The van der Waals surface area contributed by atoms with Gasteiger partial charge >= 0.3 is 0 Å². The maximum absolute atomic E-state index is 12.5. The second kappa shape index (κ2) is 9.23. The Hall–Kier alpha value is -3.65. The molecule has 0 radical (unpaired) electrons. The molecule has 0 bridgehead atoms. The van der Waals surface area contributed by atoms with Crippen LogP contribution in [0.1, 0.15) is 10.4 Å². The van der Waals surface area contributed by atoms with Gasteiger partial charge in [0, 0.05) is 17.6 Å². The zero-order valence-corrected chi connectivity index (χ0v) is 17.0. The summed E-state index contributed by atoms with van der Waals surface area (Å²) in [5.41, 5.74) is 1.38. The molecular weight excluding hydrogens is 404 g/mol. The third kappa shape index (κ3) is 5.68. The molecule has 0 saturated carbocycles. The van der Waals surface area contributed by atoms with Crippen molar-refractivity contribution in [3.8, 4) is 5.75 Å². The first-order valence-corrected chi connectivity index (χ1v) is 10.9. The number of benzene rings is 3. The van der Waals surface area contributed by atoms with Crippen LogP contribution in [-0.2, 0) is 14.6 Å². The molecule has 0 saturated heterocycles. The molecule has 154 valence electrons. The number of carbonyl (C=O) groups is 2. The Morgan fingerprint density at radius 1 is 0.800 bits per heavy atom. The molecule has 0 aliphatic rings. The highest BCUT2D eigenvalue weighted by Crippen LogP contribution is 2.20. The van der Waals surface area contributed by atoms with Crippen molar-refractivity contribution < 1.29 is 22.7 Å². The highest BCUT2D eigenvalue weighted by Gasteiger charge is 2.14. The zero-order chi connectivity index (χ0) is 21.6. The zero-order valence-electron chi connectivity index (χ0n) is 16.2. The third-order valence-corrected chi connectivity index (χ3v) is 5.22. The minimum absolute atomic E-state index is 0.162. The van der Waals surface area contributed by atoms with Crippen LogP contribution in [0.4, 0.5) is 11.4 Å². The molecule has 0 unspecified atom stereocenters. The average Bonchev–Trinajstić information content (AvgIpc) is 2.73. The Kier molecular flexibility index (Phi) is 6.48. The first kappa shape index (κ1) is 21.1. The number of hydrogen-bond donors (Lipinski definition) is 2. The van der Waals surface area contributed by atoms with Crippen molar-refractivity contribution in [1.82, 2.24) is 0 Å². The number of anilines is 2. The van der Waals surface area contributed by atoms with Crippen molar-refractivity contribution >= 4 is 33.0 Å². The minimum Gasteiger partial charge on any atom is -0.483 e. The van der Waals surface area contributed by atoms with E-state index in [1.165, 1.54) is 24.3 Å². The second-order valence-electron chi connectivity index (χ2n) is 6.45. The molecule has 8 heteroatoms. The highest BCUT2D eigenvalue weighted by atomic mass is 32.2. The number of hydrogen-bond acceptors (Lipinski definition) is 5. The summed E-state index contributed by atoms with van der Waals surface area (Å²) in [5, 5.41) is 5.39. The maximum Gasteiger partial charge on any atom is 0.262 e. The maximum atomic E-state index is 12.5. The van der Waals surface area contributed by atoms with E-state index in [1.807, 2.05) is 18.2 Å². The predicted octanol–water partition coefficient (Wildman–Crippen LogP) is 3.36. The first-order valence-electron chi connectivity index (χ1n) is 9.01. The van der Waals surface area contributed by atoms with E-state index in [2.05, 4.69) is 10.6 Å². The molecular formula is C22H20N2O5S. The minimum atomic E-state index is -3.31. The Balaban J connectivity index is 1.62. The molecule has 3 rings (SSSR count). The van der Waals surface area contributed by atoms with E-state index in [9.17, 15) is 18.0 Å². The first-order chi connectivity index (χ1) is 14.3. The highest BCUT2D eigenvalue weighted by molar-refractivity contribution is 7.90. The second-order valence-corrected chi connectivity index (χ2v) is 8.47. The molecule has 30 heavy (non-hydrogen) atoms. The fourth-order valence-electron chi connectivity index (χ4n) is 2.63. The van der Waals surface area contributed by atoms with Crippen LogP contribution in [0.2, 0.25) is 0 Å². The smallest absolute Gasteiger partial charge is 0.262 e. The summed E-state index contributed by atoms with van der Waals surface area (Å²) in [6.07, 6.45) is 1.11. The van der Waals surface area contributed by atoms with Crippen LogP contribution < -0.4 is 15.4 Å². The molecule has 0 fully saturated rings. The van der Waals surface area contributed by atoms with Gasteiger partial charge < -0.3 is 15.4 Å². The number of ether oxygens (including phenoxy) is 1. The van der Waals surface area contributed by atoms with Crippen LogP contribution in [0.5, 0.6) is 5.75 Å². The Morgan fingerprint density at radius 2 is 1.40 bits per heavy atom.